The van der Waals surface area contributed by atoms with Crippen LogP contribution in [-0.4, -0.2) is 35.5 Å². The summed E-state index contributed by atoms with van der Waals surface area (Å²) in [7, 11) is 7.67. The zero-order valence-electron chi connectivity index (χ0n) is 37.7. The van der Waals surface area contributed by atoms with Crippen LogP contribution in [-0.2, 0) is 0 Å². The van der Waals surface area contributed by atoms with Gasteiger partial charge < -0.3 is 23.7 Å². The van der Waals surface area contributed by atoms with Crippen molar-refractivity contribution in [2.75, 3.05) is 35.5 Å². The zero-order valence-corrected chi connectivity index (χ0v) is 37.7. The molecule has 8 aromatic carbocycles. The minimum atomic E-state index is -0.799. The molecule has 67 heavy (non-hydrogen) atoms. The van der Waals surface area contributed by atoms with Crippen molar-refractivity contribution < 1.29 is 58.8 Å². The van der Waals surface area contributed by atoms with Crippen molar-refractivity contribution in [1.29, 1.82) is 0 Å². The Kier molecular flexibility index (Phi) is 30.3. The molecule has 0 amide bonds. The molecule has 0 aliphatic heterocycles. The molecule has 0 aromatic heterocycles. The lowest BCUT2D eigenvalue weighted by atomic mass is 10.2. The second-order valence-corrected chi connectivity index (χ2v) is 12.5. The number of para-hydroxylation sites is 4. The Hall–Kier alpha value is -7.80. The molecule has 0 aliphatic rings. The number of rotatable bonds is 5. The smallest absolute Gasteiger partial charge is 0.167 e. The minimum Gasteiger partial charge on any atom is -0.497 e. The highest BCUT2D eigenvalue weighted by Crippen LogP contribution is 2.18. The zero-order chi connectivity index (χ0) is 49.7. The lowest BCUT2D eigenvalue weighted by molar-refractivity contribution is 0.385. The van der Waals surface area contributed by atoms with Gasteiger partial charge in [-0.25, -0.2) is 35.1 Å². The van der Waals surface area contributed by atoms with Crippen LogP contribution in [0.5, 0.6) is 28.7 Å². The van der Waals surface area contributed by atoms with Crippen molar-refractivity contribution in [1.82, 2.24) is 0 Å². The fourth-order valence-corrected chi connectivity index (χ4v) is 4.40. The lowest BCUT2D eigenvalue weighted by Crippen LogP contribution is -1.89. The highest BCUT2D eigenvalue weighted by molar-refractivity contribution is 5.30. The summed E-state index contributed by atoms with van der Waals surface area (Å²) >= 11 is 0. The molecule has 0 bridgehead atoms. The van der Waals surface area contributed by atoms with Crippen molar-refractivity contribution in [2.45, 2.75) is 6.92 Å². The van der Waals surface area contributed by atoms with Crippen LogP contribution in [0.2, 0.25) is 0 Å². The first-order valence-corrected chi connectivity index (χ1v) is 19.9. The molecule has 0 radical (unpaired) electrons. The fraction of sp³-hybridized carbons (Fsp3) is 0.111. The molecular weight excluding hydrogens is 881 g/mol. The lowest BCUT2D eigenvalue weighted by Gasteiger charge is -2.01. The summed E-state index contributed by atoms with van der Waals surface area (Å²) in [5.41, 5.74) is 0.611. The quantitative estimate of drug-likeness (QED) is 0.161. The predicted molar refractivity (Wildman–Crippen MR) is 249 cm³/mol. The summed E-state index contributed by atoms with van der Waals surface area (Å²) in [6.07, 6.45) is 0. The molecule has 0 aliphatic carbocycles. The fourth-order valence-electron chi connectivity index (χ4n) is 4.40. The van der Waals surface area contributed by atoms with Crippen LogP contribution in [0.25, 0.3) is 0 Å². The summed E-state index contributed by atoms with van der Waals surface area (Å²) in [6, 6.07) is 54.3. The topological polar surface area (TPSA) is 46.2 Å². The van der Waals surface area contributed by atoms with Crippen molar-refractivity contribution in [3.8, 4) is 28.7 Å². The van der Waals surface area contributed by atoms with Gasteiger partial charge in [-0.1, -0.05) is 103 Å². The first kappa shape index (κ1) is 57.2. The third-order valence-electron chi connectivity index (χ3n) is 7.81. The van der Waals surface area contributed by atoms with Crippen molar-refractivity contribution in [3.63, 3.8) is 0 Å². The Morgan fingerprint density at radius 3 is 0.776 bits per heavy atom. The number of halogens is 8. The van der Waals surface area contributed by atoms with Crippen LogP contribution < -0.4 is 23.7 Å². The number of methoxy groups -OCH3 is 5. The van der Waals surface area contributed by atoms with Gasteiger partial charge in [-0.15, -0.1) is 0 Å². The molecule has 0 fully saturated rings. The molecule has 0 atom stereocenters. The van der Waals surface area contributed by atoms with Gasteiger partial charge in [0.25, 0.3) is 0 Å². The molecule has 8 aromatic rings. The number of benzene rings is 8. The summed E-state index contributed by atoms with van der Waals surface area (Å²) in [5, 5.41) is 0. The van der Waals surface area contributed by atoms with Crippen LogP contribution in [0.1, 0.15) is 5.56 Å². The van der Waals surface area contributed by atoms with Crippen molar-refractivity contribution >= 4 is 0 Å². The Labute approximate surface area is 387 Å². The highest BCUT2D eigenvalue weighted by atomic mass is 19.2. The molecule has 0 heterocycles. The van der Waals surface area contributed by atoms with Crippen LogP contribution in [0, 0.1) is 53.5 Å². The number of hydrogen-bond donors (Lipinski definition) is 0. The first-order chi connectivity index (χ1) is 32.3. The Morgan fingerprint density at radius 2 is 0.537 bits per heavy atom. The van der Waals surface area contributed by atoms with E-state index in [1.807, 2.05) is 60.7 Å². The largest absolute Gasteiger partial charge is 0.497 e. The summed E-state index contributed by atoms with van der Waals surface area (Å²) in [4.78, 5) is 0. The maximum absolute atomic E-state index is 12.9. The predicted octanol–water partition coefficient (Wildman–Crippen LogP) is 15.0. The molecular formula is C54H52F8O5. The number of hydrogen-bond acceptors (Lipinski definition) is 5. The van der Waals surface area contributed by atoms with Gasteiger partial charge in [0, 0.05) is 0 Å². The SMILES string of the molecule is COc1cccc(C)c1F.COc1ccccc1.COc1ccccc1.COc1ccccc1F.COc1ccccc1F.Fc1ccc(F)cc1.Fc1ccccc1.Fc1ccccc1F. The molecule has 13 heteroatoms. The molecule has 0 N–H and O–H groups in total. The van der Waals surface area contributed by atoms with E-state index in [0.29, 0.717) is 11.3 Å². The standard InChI is InChI=1S/C8H9FO.2C7H7FO.2C7H8O.2C6H4F2.C6H5F/c1-6-4-3-5-7(10-2)8(6)9;2*1-9-7-5-3-2-4-6(7)8;2*1-8-7-5-3-2-4-6-7;7-5-1-2-6(8)4-3-5;7-5-3-1-2-4-6(5)8;7-6-4-2-1-3-5-6/h3-5H,1-2H3;2*2-5H,1H3;2*2-6H,1H3;2*1-4H;1-5H. The monoisotopic (exact) mass is 932 g/mol. The van der Waals surface area contributed by atoms with Gasteiger partial charge in [0.15, 0.2) is 46.3 Å². The van der Waals surface area contributed by atoms with Crippen LogP contribution in [0.3, 0.4) is 0 Å². The Bertz CT molecular complexity index is 2320. The average molecular weight is 933 g/mol. The van der Waals surface area contributed by atoms with E-state index in [-0.39, 0.29) is 34.8 Å². The van der Waals surface area contributed by atoms with E-state index in [0.717, 1.165) is 47.9 Å². The van der Waals surface area contributed by atoms with E-state index in [1.54, 1.807) is 93.9 Å². The molecule has 0 spiro atoms. The summed E-state index contributed by atoms with van der Waals surface area (Å²) in [5.74, 6) is -0.805. The van der Waals surface area contributed by atoms with E-state index in [4.69, 9.17) is 14.2 Å². The third kappa shape index (κ3) is 26.6. The third-order valence-corrected chi connectivity index (χ3v) is 7.81. The van der Waals surface area contributed by atoms with Crippen LogP contribution >= 0.6 is 0 Å². The Morgan fingerprint density at radius 1 is 0.254 bits per heavy atom. The van der Waals surface area contributed by atoms with E-state index in [2.05, 4.69) is 9.47 Å². The number of aryl methyl sites for hydroxylation is 1. The number of ether oxygens (including phenoxy) is 5. The van der Waals surface area contributed by atoms with E-state index >= 15 is 0 Å². The molecule has 0 unspecified atom stereocenters. The van der Waals surface area contributed by atoms with Crippen LogP contribution in [0.15, 0.2) is 206 Å². The van der Waals surface area contributed by atoms with Gasteiger partial charge >= 0.3 is 0 Å². The van der Waals surface area contributed by atoms with E-state index < -0.39 is 23.3 Å². The highest BCUT2D eigenvalue weighted by Gasteiger charge is 2.02. The summed E-state index contributed by atoms with van der Waals surface area (Å²) in [6.45, 7) is 1.71. The van der Waals surface area contributed by atoms with Gasteiger partial charge in [0.1, 0.15) is 29.0 Å². The second kappa shape index (κ2) is 35.5. The van der Waals surface area contributed by atoms with Crippen molar-refractivity contribution in [2.24, 2.45) is 0 Å². The van der Waals surface area contributed by atoms with Gasteiger partial charge in [0.2, 0.25) is 0 Å². The molecule has 0 saturated heterocycles. The maximum Gasteiger partial charge on any atom is 0.167 e. The van der Waals surface area contributed by atoms with Gasteiger partial charge in [-0.3, -0.25) is 0 Å². The first-order valence-electron chi connectivity index (χ1n) is 19.9. The van der Waals surface area contributed by atoms with Crippen molar-refractivity contribution in [3.05, 3.63) is 258 Å². The van der Waals surface area contributed by atoms with E-state index in [9.17, 15) is 35.1 Å². The van der Waals surface area contributed by atoms with E-state index in [1.165, 1.54) is 57.7 Å². The molecule has 8 rings (SSSR count). The average Bonchev–Trinajstić information content (AvgIpc) is 3.37. The maximum atomic E-state index is 12.9. The normalized spacial score (nSPS) is 9.04. The molecule has 354 valence electrons. The van der Waals surface area contributed by atoms with Gasteiger partial charge in [0.05, 0.1) is 35.5 Å². The molecule has 0 saturated carbocycles. The minimum absolute atomic E-state index is 0.178. The Balaban J connectivity index is 0.000000384. The van der Waals surface area contributed by atoms with Gasteiger partial charge in [-0.05, 0) is 116 Å². The second-order valence-electron chi connectivity index (χ2n) is 12.5. The summed E-state index contributed by atoms with van der Waals surface area (Å²) < 4.78 is 121. The van der Waals surface area contributed by atoms with Gasteiger partial charge in [-0.2, -0.15) is 0 Å². The van der Waals surface area contributed by atoms with Crippen LogP contribution in [0.4, 0.5) is 35.1 Å². The molecule has 5 nitrogen and oxygen atoms in total.